The van der Waals surface area contributed by atoms with E-state index < -0.39 is 0 Å². The number of hydrogen-bond donors (Lipinski definition) is 2. The third kappa shape index (κ3) is 2.63. The Hall–Kier alpha value is -3.47. The molecule has 24 heavy (non-hydrogen) atoms. The summed E-state index contributed by atoms with van der Waals surface area (Å²) in [6, 6.07) is 15.7. The molecule has 0 atom stereocenters. The number of rotatable bonds is 2. The van der Waals surface area contributed by atoms with E-state index in [0.717, 1.165) is 16.7 Å². The largest absolute Gasteiger partial charge is 0.508 e. The zero-order valence-corrected chi connectivity index (χ0v) is 12.6. The monoisotopic (exact) mass is 315 g/mol. The highest BCUT2D eigenvalue weighted by Gasteiger charge is 2.07. The van der Waals surface area contributed by atoms with Crippen LogP contribution in [0.2, 0.25) is 0 Å². The molecule has 0 radical (unpaired) electrons. The van der Waals surface area contributed by atoms with Crippen molar-refractivity contribution in [2.24, 2.45) is 0 Å². The highest BCUT2D eigenvalue weighted by atomic mass is 16.3. The fourth-order valence-electron chi connectivity index (χ4n) is 2.51. The van der Waals surface area contributed by atoms with Crippen molar-refractivity contribution in [2.75, 3.05) is 0 Å². The summed E-state index contributed by atoms with van der Waals surface area (Å²) in [4.78, 5) is 13.3. The molecule has 2 aromatic carbocycles. The topological polar surface area (TPSA) is 79.1 Å². The van der Waals surface area contributed by atoms with Crippen molar-refractivity contribution in [3.63, 3.8) is 0 Å². The lowest BCUT2D eigenvalue weighted by Gasteiger charge is -2.05. The minimum atomic E-state index is 0.201. The number of phenols is 2. The van der Waals surface area contributed by atoms with Crippen molar-refractivity contribution >= 4 is 11.0 Å². The molecule has 2 heterocycles. The Balaban J connectivity index is 1.82. The molecule has 0 aliphatic heterocycles. The summed E-state index contributed by atoms with van der Waals surface area (Å²) < 4.78 is 0. The average molecular weight is 315 g/mol. The van der Waals surface area contributed by atoms with Crippen molar-refractivity contribution in [1.29, 1.82) is 0 Å². The van der Waals surface area contributed by atoms with Crippen LogP contribution in [0.4, 0.5) is 0 Å². The van der Waals surface area contributed by atoms with Crippen LogP contribution in [0.5, 0.6) is 11.5 Å². The number of nitrogens with zero attached hydrogens (tertiary/aromatic N) is 3. The fourth-order valence-corrected chi connectivity index (χ4v) is 2.51. The Kier molecular flexibility index (Phi) is 3.31. The quantitative estimate of drug-likeness (QED) is 0.588. The number of aromatic nitrogens is 3. The minimum absolute atomic E-state index is 0.201. The first-order valence-electron chi connectivity index (χ1n) is 7.41. The Morgan fingerprint density at radius 3 is 2.25 bits per heavy atom. The van der Waals surface area contributed by atoms with Crippen molar-refractivity contribution in [3.05, 3.63) is 67.0 Å². The third-order valence-electron chi connectivity index (χ3n) is 3.74. The van der Waals surface area contributed by atoms with Gasteiger partial charge in [-0.05, 0) is 48.0 Å². The Bertz CT molecular complexity index is 1030. The van der Waals surface area contributed by atoms with Crippen molar-refractivity contribution in [3.8, 4) is 34.0 Å². The Morgan fingerprint density at radius 2 is 1.46 bits per heavy atom. The van der Waals surface area contributed by atoms with Gasteiger partial charge in [0.1, 0.15) is 17.0 Å². The Labute approximate surface area is 137 Å². The highest BCUT2D eigenvalue weighted by molar-refractivity contribution is 5.81. The zero-order valence-electron chi connectivity index (χ0n) is 12.6. The summed E-state index contributed by atoms with van der Waals surface area (Å²) in [6.07, 6.45) is 3.41. The van der Waals surface area contributed by atoms with E-state index in [9.17, 15) is 10.2 Å². The molecule has 0 spiro atoms. The number of phenolic OH excluding ortho intramolecular Hbond substituents is 2. The van der Waals surface area contributed by atoms with Gasteiger partial charge < -0.3 is 10.2 Å². The highest BCUT2D eigenvalue weighted by Crippen LogP contribution is 2.26. The molecular formula is C19H13N3O2. The predicted octanol–water partition coefficient (Wildman–Crippen LogP) is 3.77. The van der Waals surface area contributed by atoms with Crippen LogP contribution < -0.4 is 0 Å². The molecule has 0 bridgehead atoms. The van der Waals surface area contributed by atoms with Crippen LogP contribution in [-0.2, 0) is 0 Å². The summed E-state index contributed by atoms with van der Waals surface area (Å²) in [5.74, 6) is 0.977. The van der Waals surface area contributed by atoms with Gasteiger partial charge in [-0.25, -0.2) is 9.97 Å². The molecule has 116 valence electrons. The number of pyridine rings is 1. The minimum Gasteiger partial charge on any atom is -0.508 e. The maximum Gasteiger partial charge on any atom is 0.159 e. The van der Waals surface area contributed by atoms with Gasteiger partial charge in [-0.2, -0.15) is 0 Å². The van der Waals surface area contributed by atoms with Gasteiger partial charge in [0.05, 0.1) is 11.7 Å². The maximum atomic E-state index is 9.64. The summed E-state index contributed by atoms with van der Waals surface area (Å²) in [6.45, 7) is 0. The van der Waals surface area contributed by atoms with Crippen LogP contribution in [0.15, 0.2) is 67.0 Å². The molecule has 5 nitrogen and oxygen atoms in total. The first-order chi connectivity index (χ1) is 11.7. The van der Waals surface area contributed by atoms with Crippen LogP contribution in [0.3, 0.4) is 0 Å². The van der Waals surface area contributed by atoms with Gasteiger partial charge in [0, 0.05) is 17.3 Å². The van der Waals surface area contributed by atoms with Gasteiger partial charge >= 0.3 is 0 Å². The predicted molar refractivity (Wildman–Crippen MR) is 91.5 cm³/mol. The van der Waals surface area contributed by atoms with Gasteiger partial charge in [-0.15, -0.1) is 0 Å². The second-order valence-corrected chi connectivity index (χ2v) is 5.42. The molecule has 0 saturated carbocycles. The standard InChI is InChI=1S/C19H13N3O2/c23-15-6-4-12(5-7-15)19-21-11-18-17(22-19)9-14(10-20-18)13-2-1-3-16(24)8-13/h1-11,23-24H. The van der Waals surface area contributed by atoms with Crippen molar-refractivity contribution in [1.82, 2.24) is 15.0 Å². The fraction of sp³-hybridized carbons (Fsp3) is 0. The SMILES string of the molecule is Oc1ccc(-c2ncc3ncc(-c4cccc(O)c4)cc3n2)cc1. The molecule has 0 saturated heterocycles. The van der Waals surface area contributed by atoms with Crippen LogP contribution in [0.1, 0.15) is 0 Å². The van der Waals surface area contributed by atoms with Gasteiger partial charge in [-0.3, -0.25) is 4.98 Å². The lowest BCUT2D eigenvalue weighted by Crippen LogP contribution is -1.92. The van der Waals surface area contributed by atoms with E-state index in [1.54, 1.807) is 54.9 Å². The summed E-state index contributed by atoms with van der Waals surface area (Å²) in [7, 11) is 0. The van der Waals surface area contributed by atoms with Crippen LogP contribution in [0, 0.1) is 0 Å². The van der Waals surface area contributed by atoms with E-state index in [4.69, 9.17) is 0 Å². The second kappa shape index (κ2) is 5.62. The molecule has 2 aromatic heterocycles. The third-order valence-corrected chi connectivity index (χ3v) is 3.74. The number of benzene rings is 2. The molecule has 2 N–H and O–H groups in total. The Morgan fingerprint density at radius 1 is 0.625 bits per heavy atom. The summed E-state index contributed by atoms with van der Waals surface area (Å²) in [5, 5.41) is 19.0. The van der Waals surface area contributed by atoms with Crippen LogP contribution in [0.25, 0.3) is 33.5 Å². The number of aromatic hydroxyl groups is 2. The van der Waals surface area contributed by atoms with Gasteiger partial charge in [-0.1, -0.05) is 12.1 Å². The molecule has 0 amide bonds. The first-order valence-corrected chi connectivity index (χ1v) is 7.41. The lowest BCUT2D eigenvalue weighted by molar-refractivity contribution is 0.475. The summed E-state index contributed by atoms with van der Waals surface area (Å²) >= 11 is 0. The van der Waals surface area contributed by atoms with E-state index in [1.807, 2.05) is 12.1 Å². The van der Waals surface area contributed by atoms with E-state index in [-0.39, 0.29) is 11.5 Å². The molecule has 0 unspecified atom stereocenters. The molecule has 0 aliphatic rings. The molecule has 0 aliphatic carbocycles. The van der Waals surface area contributed by atoms with Crippen LogP contribution >= 0.6 is 0 Å². The average Bonchev–Trinajstić information content (AvgIpc) is 2.61. The van der Waals surface area contributed by atoms with E-state index >= 15 is 0 Å². The van der Waals surface area contributed by atoms with Crippen molar-refractivity contribution < 1.29 is 10.2 Å². The van der Waals surface area contributed by atoms with Gasteiger partial charge in [0.25, 0.3) is 0 Å². The van der Waals surface area contributed by atoms with Crippen LogP contribution in [-0.4, -0.2) is 25.2 Å². The second-order valence-electron chi connectivity index (χ2n) is 5.42. The number of fused-ring (bicyclic) bond motifs is 1. The lowest BCUT2D eigenvalue weighted by atomic mass is 10.1. The smallest absolute Gasteiger partial charge is 0.159 e. The molecule has 5 heteroatoms. The van der Waals surface area contributed by atoms with E-state index in [1.165, 1.54) is 0 Å². The van der Waals surface area contributed by atoms with E-state index in [2.05, 4.69) is 15.0 Å². The number of hydrogen-bond acceptors (Lipinski definition) is 5. The van der Waals surface area contributed by atoms with Gasteiger partial charge in [0.15, 0.2) is 5.82 Å². The zero-order chi connectivity index (χ0) is 16.5. The normalized spacial score (nSPS) is 10.8. The van der Waals surface area contributed by atoms with Gasteiger partial charge in [0.2, 0.25) is 0 Å². The molecular weight excluding hydrogens is 302 g/mol. The molecule has 4 rings (SSSR count). The first kappa shape index (κ1) is 14.1. The molecule has 0 fully saturated rings. The van der Waals surface area contributed by atoms with E-state index in [0.29, 0.717) is 16.9 Å². The maximum absolute atomic E-state index is 9.64. The summed E-state index contributed by atoms with van der Waals surface area (Å²) in [5.41, 5.74) is 3.97. The van der Waals surface area contributed by atoms with Crippen molar-refractivity contribution in [2.45, 2.75) is 0 Å². The molecule has 4 aromatic rings.